The van der Waals surface area contributed by atoms with Crippen molar-refractivity contribution in [2.24, 2.45) is 0 Å². The highest BCUT2D eigenvalue weighted by atomic mass is 16.5. The predicted molar refractivity (Wildman–Crippen MR) is 72.6 cm³/mol. The second kappa shape index (κ2) is 5.29. The van der Waals surface area contributed by atoms with Crippen LogP contribution in [0.15, 0.2) is 18.2 Å². The minimum absolute atomic E-state index is 0.383. The number of hydrazine groups is 1. The highest BCUT2D eigenvalue weighted by Gasteiger charge is 2.17. The van der Waals surface area contributed by atoms with Gasteiger partial charge in [-0.3, -0.25) is 0 Å². The Morgan fingerprint density at radius 1 is 1.22 bits per heavy atom. The molecule has 1 aromatic rings. The van der Waals surface area contributed by atoms with E-state index in [1.54, 1.807) is 0 Å². The number of nitrogens with one attached hydrogen (secondary N) is 1. The van der Waals surface area contributed by atoms with E-state index >= 15 is 0 Å². The van der Waals surface area contributed by atoms with E-state index in [1.807, 2.05) is 0 Å². The molecule has 2 aliphatic heterocycles. The predicted octanol–water partition coefficient (Wildman–Crippen LogP) is 2.67. The van der Waals surface area contributed by atoms with Crippen LogP contribution in [0.2, 0.25) is 0 Å². The summed E-state index contributed by atoms with van der Waals surface area (Å²) < 4.78 is 5.55. The van der Waals surface area contributed by atoms with E-state index in [0.717, 1.165) is 18.8 Å². The molecule has 1 aromatic carbocycles. The molecule has 2 heterocycles. The van der Waals surface area contributed by atoms with E-state index in [2.05, 4.69) is 35.6 Å². The second-order valence-electron chi connectivity index (χ2n) is 5.36. The van der Waals surface area contributed by atoms with Crippen LogP contribution >= 0.6 is 0 Å². The van der Waals surface area contributed by atoms with Crippen molar-refractivity contribution >= 4 is 0 Å². The summed E-state index contributed by atoms with van der Waals surface area (Å²) in [6.45, 7) is 5.44. The van der Waals surface area contributed by atoms with E-state index in [1.165, 1.54) is 43.5 Å². The molecule has 0 bridgehead atoms. The number of hydrogen-bond acceptors (Lipinski definition) is 3. The monoisotopic (exact) mass is 246 g/mol. The summed E-state index contributed by atoms with van der Waals surface area (Å²) in [7, 11) is 0. The van der Waals surface area contributed by atoms with Crippen LogP contribution in [-0.2, 0) is 6.42 Å². The molecule has 2 aliphatic rings. The topological polar surface area (TPSA) is 24.5 Å². The molecule has 1 N–H and O–H groups in total. The van der Waals surface area contributed by atoms with Crippen molar-refractivity contribution in [1.29, 1.82) is 0 Å². The van der Waals surface area contributed by atoms with Gasteiger partial charge in [0.2, 0.25) is 0 Å². The zero-order valence-corrected chi connectivity index (χ0v) is 11.1. The molecule has 0 radical (unpaired) electrons. The minimum Gasteiger partial charge on any atom is -0.493 e. The number of nitrogens with zero attached hydrogens (tertiary/aromatic N) is 1. The molecule has 1 fully saturated rings. The Kier molecular flexibility index (Phi) is 3.52. The molecule has 0 spiro atoms. The smallest absolute Gasteiger partial charge is 0.122 e. The largest absolute Gasteiger partial charge is 0.493 e. The molecule has 0 aromatic heterocycles. The fraction of sp³-hybridized carbons (Fsp3) is 0.600. The number of fused-ring (bicyclic) bond motifs is 1. The van der Waals surface area contributed by atoms with Crippen molar-refractivity contribution in [2.45, 2.75) is 38.6 Å². The van der Waals surface area contributed by atoms with E-state index in [-0.39, 0.29) is 0 Å². The van der Waals surface area contributed by atoms with Gasteiger partial charge < -0.3 is 4.74 Å². The number of hydrogen-bond donors (Lipinski definition) is 1. The molecule has 1 atom stereocenters. The van der Waals surface area contributed by atoms with Gasteiger partial charge in [-0.2, -0.15) is 0 Å². The average molecular weight is 246 g/mol. The van der Waals surface area contributed by atoms with Crippen LogP contribution in [0, 0.1) is 0 Å². The lowest BCUT2D eigenvalue weighted by atomic mass is 10.0. The first-order valence-corrected chi connectivity index (χ1v) is 7.10. The maximum absolute atomic E-state index is 5.55. The summed E-state index contributed by atoms with van der Waals surface area (Å²) >= 11 is 0. The van der Waals surface area contributed by atoms with Crippen molar-refractivity contribution in [3.63, 3.8) is 0 Å². The van der Waals surface area contributed by atoms with Gasteiger partial charge in [0.1, 0.15) is 5.75 Å². The van der Waals surface area contributed by atoms with Gasteiger partial charge in [-0.1, -0.05) is 18.6 Å². The van der Waals surface area contributed by atoms with Crippen molar-refractivity contribution in [3.8, 4) is 5.75 Å². The van der Waals surface area contributed by atoms with Crippen LogP contribution in [0.3, 0.4) is 0 Å². The molecular formula is C15H22N2O. The summed E-state index contributed by atoms with van der Waals surface area (Å²) in [4.78, 5) is 0. The fourth-order valence-electron chi connectivity index (χ4n) is 2.85. The Labute approximate surface area is 109 Å². The Morgan fingerprint density at radius 3 is 2.89 bits per heavy atom. The zero-order valence-electron chi connectivity index (χ0n) is 11.1. The fourth-order valence-corrected chi connectivity index (χ4v) is 2.85. The van der Waals surface area contributed by atoms with Crippen LogP contribution in [0.1, 0.15) is 43.4 Å². The molecular weight excluding hydrogens is 224 g/mol. The minimum atomic E-state index is 0.383. The molecule has 98 valence electrons. The van der Waals surface area contributed by atoms with Crippen LogP contribution in [0.4, 0.5) is 0 Å². The first-order valence-electron chi connectivity index (χ1n) is 7.10. The first kappa shape index (κ1) is 12.0. The summed E-state index contributed by atoms with van der Waals surface area (Å²) in [6, 6.07) is 6.98. The highest BCUT2D eigenvalue weighted by Crippen LogP contribution is 2.28. The van der Waals surface area contributed by atoms with Gasteiger partial charge in [0.25, 0.3) is 0 Å². The maximum Gasteiger partial charge on any atom is 0.122 e. The van der Waals surface area contributed by atoms with Crippen molar-refractivity contribution in [3.05, 3.63) is 29.3 Å². The van der Waals surface area contributed by atoms with Gasteiger partial charge in [0, 0.05) is 25.6 Å². The van der Waals surface area contributed by atoms with Gasteiger partial charge in [-0.05, 0) is 37.0 Å². The Morgan fingerprint density at radius 2 is 2.06 bits per heavy atom. The number of piperidine rings is 1. The third-order valence-corrected chi connectivity index (χ3v) is 3.95. The van der Waals surface area contributed by atoms with E-state index in [0.29, 0.717) is 6.04 Å². The normalized spacial score (nSPS) is 21.4. The molecule has 0 amide bonds. The molecule has 0 aliphatic carbocycles. The highest BCUT2D eigenvalue weighted by molar-refractivity contribution is 5.40. The summed E-state index contributed by atoms with van der Waals surface area (Å²) in [5.74, 6) is 1.07. The lowest BCUT2D eigenvalue weighted by Gasteiger charge is -2.30. The van der Waals surface area contributed by atoms with Gasteiger partial charge in [0.15, 0.2) is 0 Å². The number of rotatable bonds is 3. The quantitative estimate of drug-likeness (QED) is 0.887. The van der Waals surface area contributed by atoms with Crippen LogP contribution in [0.5, 0.6) is 5.75 Å². The van der Waals surface area contributed by atoms with Crippen LogP contribution in [-0.4, -0.2) is 24.7 Å². The summed E-state index contributed by atoms with van der Waals surface area (Å²) in [5.41, 5.74) is 6.35. The Hall–Kier alpha value is -1.06. The standard InChI is InChI=1S/C15H22N2O/c1-12(16-17-8-3-2-4-9-17)13-5-6-15-14(11-13)7-10-18-15/h5-6,11-12,16H,2-4,7-10H2,1H3. The molecule has 3 rings (SSSR count). The van der Waals surface area contributed by atoms with Crippen molar-refractivity contribution in [1.82, 2.24) is 10.4 Å². The summed E-state index contributed by atoms with van der Waals surface area (Å²) in [6.07, 6.45) is 5.07. The van der Waals surface area contributed by atoms with Crippen LogP contribution in [0.25, 0.3) is 0 Å². The van der Waals surface area contributed by atoms with Gasteiger partial charge in [-0.25, -0.2) is 10.4 Å². The summed E-state index contributed by atoms with van der Waals surface area (Å²) in [5, 5.41) is 2.37. The molecule has 1 saturated heterocycles. The molecule has 3 heteroatoms. The third kappa shape index (κ3) is 2.52. The lowest BCUT2D eigenvalue weighted by Crippen LogP contribution is -2.42. The SMILES string of the molecule is CC(NN1CCCCC1)c1ccc2c(c1)CCO2. The number of ether oxygens (including phenoxy) is 1. The molecule has 3 nitrogen and oxygen atoms in total. The Bertz CT molecular complexity index is 413. The van der Waals surface area contributed by atoms with Gasteiger partial charge in [-0.15, -0.1) is 0 Å². The van der Waals surface area contributed by atoms with Crippen LogP contribution < -0.4 is 10.2 Å². The average Bonchev–Trinajstić information content (AvgIpc) is 2.87. The molecule has 0 saturated carbocycles. The van der Waals surface area contributed by atoms with Gasteiger partial charge in [0.05, 0.1) is 6.61 Å². The molecule has 18 heavy (non-hydrogen) atoms. The van der Waals surface area contributed by atoms with Gasteiger partial charge >= 0.3 is 0 Å². The second-order valence-corrected chi connectivity index (χ2v) is 5.36. The van der Waals surface area contributed by atoms with E-state index in [9.17, 15) is 0 Å². The molecule has 1 unspecified atom stereocenters. The Balaban J connectivity index is 1.66. The third-order valence-electron chi connectivity index (χ3n) is 3.95. The van der Waals surface area contributed by atoms with Crippen molar-refractivity contribution < 1.29 is 4.74 Å². The first-order chi connectivity index (χ1) is 8.83. The maximum atomic E-state index is 5.55. The van der Waals surface area contributed by atoms with E-state index < -0.39 is 0 Å². The van der Waals surface area contributed by atoms with Crippen molar-refractivity contribution in [2.75, 3.05) is 19.7 Å². The zero-order chi connectivity index (χ0) is 12.4. The van der Waals surface area contributed by atoms with E-state index in [4.69, 9.17) is 4.74 Å². The number of benzene rings is 1. The lowest BCUT2D eigenvalue weighted by molar-refractivity contribution is 0.133.